The number of hydrogen-bond acceptors (Lipinski definition) is 6. The fourth-order valence-electron chi connectivity index (χ4n) is 5.85. The number of nitrogens with zero attached hydrogens (tertiary/aromatic N) is 2. The highest BCUT2D eigenvalue weighted by Crippen LogP contribution is 2.29. The van der Waals surface area contributed by atoms with E-state index in [1.807, 2.05) is 70.5 Å². The van der Waals surface area contributed by atoms with Gasteiger partial charge in [-0.05, 0) is 79.5 Å². The van der Waals surface area contributed by atoms with Crippen LogP contribution in [0.3, 0.4) is 0 Å². The first kappa shape index (κ1) is 29.9. The number of fused-ring (bicyclic) bond motifs is 1. The Morgan fingerprint density at radius 1 is 1.07 bits per heavy atom. The molecule has 1 aromatic heterocycles. The van der Waals surface area contributed by atoms with Gasteiger partial charge in [0.05, 0.1) is 22.1 Å². The number of rotatable bonds is 7. The second-order valence-electron chi connectivity index (χ2n) is 12.5. The van der Waals surface area contributed by atoms with Gasteiger partial charge in [0, 0.05) is 18.7 Å². The second kappa shape index (κ2) is 12.4. The van der Waals surface area contributed by atoms with E-state index in [1.54, 1.807) is 16.2 Å². The van der Waals surface area contributed by atoms with E-state index in [2.05, 4.69) is 33.1 Å². The number of thiazole rings is 1. The summed E-state index contributed by atoms with van der Waals surface area (Å²) in [6, 6.07) is 12.4. The van der Waals surface area contributed by atoms with Crippen molar-refractivity contribution < 1.29 is 14.4 Å². The molecular weight excluding hydrogens is 546 g/mol. The Morgan fingerprint density at radius 3 is 2.52 bits per heavy atom. The Kier molecular flexibility index (Phi) is 8.80. The molecule has 3 N–H and O–H groups in total. The fraction of sp³-hybridized carbons (Fsp3) is 0.455. The minimum Gasteiger partial charge on any atom is -0.348 e. The number of nitrogens with one attached hydrogen (secondary N) is 3. The molecule has 1 fully saturated rings. The van der Waals surface area contributed by atoms with Crippen molar-refractivity contribution in [2.24, 2.45) is 5.41 Å². The molecule has 222 valence electrons. The van der Waals surface area contributed by atoms with Gasteiger partial charge in [0.15, 0.2) is 0 Å². The summed E-state index contributed by atoms with van der Waals surface area (Å²) in [5.41, 5.74) is 7.31. The van der Waals surface area contributed by atoms with Gasteiger partial charge in [0.25, 0.3) is 5.91 Å². The molecule has 0 saturated carbocycles. The summed E-state index contributed by atoms with van der Waals surface area (Å²) in [4.78, 5) is 47.9. The average molecular weight is 588 g/mol. The Bertz CT molecular complexity index is 1460. The number of likely N-dealkylation sites (tertiary alicyclic amines) is 1. The third-order valence-corrected chi connectivity index (χ3v) is 9.34. The average Bonchev–Trinajstić information content (AvgIpc) is 3.64. The lowest BCUT2D eigenvalue weighted by molar-refractivity contribution is -0.142. The van der Waals surface area contributed by atoms with Crippen LogP contribution in [0.1, 0.15) is 79.3 Å². The molecule has 3 amide bonds. The molecule has 3 heterocycles. The van der Waals surface area contributed by atoms with Crippen molar-refractivity contribution in [3.8, 4) is 10.4 Å². The second-order valence-corrected chi connectivity index (χ2v) is 13.3. The van der Waals surface area contributed by atoms with Crippen molar-refractivity contribution in [2.45, 2.75) is 78.6 Å². The van der Waals surface area contributed by atoms with Crippen molar-refractivity contribution in [3.63, 3.8) is 0 Å². The Hall–Kier alpha value is -3.56. The number of aryl methyl sites for hydroxylation is 1. The molecule has 0 bridgehead atoms. The lowest BCUT2D eigenvalue weighted by Gasteiger charge is -2.35. The van der Waals surface area contributed by atoms with Crippen LogP contribution in [0, 0.1) is 12.3 Å². The first-order chi connectivity index (χ1) is 20.0. The van der Waals surface area contributed by atoms with Crippen molar-refractivity contribution >= 4 is 29.1 Å². The summed E-state index contributed by atoms with van der Waals surface area (Å²) in [5.74, 6) is -0.663. The molecule has 3 aromatic rings. The van der Waals surface area contributed by atoms with Crippen LogP contribution in [0.25, 0.3) is 10.4 Å². The van der Waals surface area contributed by atoms with Gasteiger partial charge in [-0.25, -0.2) is 4.98 Å². The molecule has 3 atom stereocenters. The molecule has 0 radical (unpaired) electrons. The summed E-state index contributed by atoms with van der Waals surface area (Å²) < 4.78 is 0. The van der Waals surface area contributed by atoms with Crippen molar-refractivity contribution in [1.82, 2.24) is 25.8 Å². The van der Waals surface area contributed by atoms with E-state index in [4.69, 9.17) is 0 Å². The summed E-state index contributed by atoms with van der Waals surface area (Å²) in [6.45, 7) is 11.9. The van der Waals surface area contributed by atoms with Crippen molar-refractivity contribution in [3.05, 3.63) is 75.9 Å². The van der Waals surface area contributed by atoms with Crippen molar-refractivity contribution in [1.29, 1.82) is 0 Å². The third-order valence-electron chi connectivity index (χ3n) is 8.36. The molecule has 5 rings (SSSR count). The first-order valence-corrected chi connectivity index (χ1v) is 15.7. The lowest BCUT2D eigenvalue weighted by Crippen LogP contribution is -2.57. The quantitative estimate of drug-likeness (QED) is 0.369. The number of benzene rings is 2. The summed E-state index contributed by atoms with van der Waals surface area (Å²) in [5, 5.41) is 9.49. The SMILES string of the molecule is Cc1ncsc1-c1ccc(C(C)NC(=O)C2CCCN2C(=O)C(NC(=O)c2ccc3c(c2)CNCC3)C(C)(C)C)cc1. The number of carbonyl (C=O) groups is 3. The highest BCUT2D eigenvalue weighted by Gasteiger charge is 2.42. The van der Waals surface area contributed by atoms with Gasteiger partial charge >= 0.3 is 0 Å². The van der Waals surface area contributed by atoms with Crippen LogP contribution < -0.4 is 16.0 Å². The van der Waals surface area contributed by atoms with E-state index in [0.29, 0.717) is 18.5 Å². The molecule has 2 aliphatic heterocycles. The maximum atomic E-state index is 14.0. The fourth-order valence-corrected chi connectivity index (χ4v) is 6.66. The van der Waals surface area contributed by atoms with Crippen LogP contribution in [0.4, 0.5) is 0 Å². The molecule has 0 spiro atoms. The highest BCUT2D eigenvalue weighted by atomic mass is 32.1. The van der Waals surface area contributed by atoms with Gasteiger partial charge in [-0.2, -0.15) is 0 Å². The molecule has 1 saturated heterocycles. The van der Waals surface area contributed by atoms with E-state index in [-0.39, 0.29) is 23.8 Å². The van der Waals surface area contributed by atoms with Gasteiger partial charge < -0.3 is 20.9 Å². The molecular formula is C33H41N5O3S. The van der Waals surface area contributed by atoms with Crippen LogP contribution in [-0.4, -0.2) is 52.8 Å². The Balaban J connectivity index is 1.26. The first-order valence-electron chi connectivity index (χ1n) is 14.8. The lowest BCUT2D eigenvalue weighted by atomic mass is 9.85. The van der Waals surface area contributed by atoms with E-state index < -0.39 is 17.5 Å². The maximum Gasteiger partial charge on any atom is 0.251 e. The van der Waals surface area contributed by atoms with E-state index in [9.17, 15) is 14.4 Å². The summed E-state index contributed by atoms with van der Waals surface area (Å²) in [6.07, 6.45) is 2.27. The van der Waals surface area contributed by atoms with Crippen LogP contribution in [0.15, 0.2) is 48.0 Å². The van der Waals surface area contributed by atoms with Crippen LogP contribution in [0.5, 0.6) is 0 Å². The smallest absolute Gasteiger partial charge is 0.251 e. The highest BCUT2D eigenvalue weighted by molar-refractivity contribution is 7.13. The largest absolute Gasteiger partial charge is 0.348 e. The van der Waals surface area contributed by atoms with Crippen LogP contribution in [-0.2, 0) is 22.6 Å². The predicted octanol–water partition coefficient (Wildman–Crippen LogP) is 4.78. The van der Waals surface area contributed by atoms with Gasteiger partial charge in [-0.3, -0.25) is 14.4 Å². The third kappa shape index (κ3) is 6.42. The van der Waals surface area contributed by atoms with Crippen LogP contribution in [0.2, 0.25) is 0 Å². The van der Waals surface area contributed by atoms with E-state index in [1.165, 1.54) is 5.56 Å². The van der Waals surface area contributed by atoms with Gasteiger partial charge in [-0.15, -0.1) is 11.3 Å². The molecule has 2 aromatic carbocycles. The zero-order valence-electron chi connectivity index (χ0n) is 25.1. The van der Waals surface area contributed by atoms with E-state index >= 15 is 0 Å². The monoisotopic (exact) mass is 587 g/mol. The summed E-state index contributed by atoms with van der Waals surface area (Å²) >= 11 is 1.61. The Morgan fingerprint density at radius 2 is 1.83 bits per heavy atom. The zero-order chi connectivity index (χ0) is 30.0. The zero-order valence-corrected chi connectivity index (χ0v) is 25.9. The molecule has 3 unspecified atom stereocenters. The number of aromatic nitrogens is 1. The maximum absolute atomic E-state index is 14.0. The molecule has 2 aliphatic rings. The standard InChI is InChI=1S/C33H41N5O3S/c1-20(22-8-11-24(12-9-22)28-21(2)35-19-42-28)36-31(40)27-7-6-16-38(27)32(41)29(33(3,4)5)37-30(39)25-13-10-23-14-15-34-18-26(23)17-25/h8-13,17,19-20,27,29,34H,6-7,14-16,18H2,1-5H3,(H,36,40)(H,37,39). The number of carbonyl (C=O) groups excluding carboxylic acids is 3. The number of amides is 3. The predicted molar refractivity (Wildman–Crippen MR) is 166 cm³/mol. The normalized spacial score (nSPS) is 18.2. The minimum atomic E-state index is -0.771. The molecule has 9 heteroatoms. The number of hydrogen-bond donors (Lipinski definition) is 3. The van der Waals surface area contributed by atoms with E-state index in [0.717, 1.165) is 53.2 Å². The van der Waals surface area contributed by atoms with Gasteiger partial charge in [0.1, 0.15) is 12.1 Å². The van der Waals surface area contributed by atoms with Crippen LogP contribution >= 0.6 is 11.3 Å². The van der Waals surface area contributed by atoms with Crippen molar-refractivity contribution in [2.75, 3.05) is 13.1 Å². The summed E-state index contributed by atoms with van der Waals surface area (Å²) in [7, 11) is 0. The minimum absolute atomic E-state index is 0.170. The molecule has 42 heavy (non-hydrogen) atoms. The molecule has 0 aliphatic carbocycles. The topological polar surface area (TPSA) is 103 Å². The van der Waals surface area contributed by atoms with Gasteiger partial charge in [-0.1, -0.05) is 51.1 Å². The molecule has 8 nitrogen and oxygen atoms in total. The van der Waals surface area contributed by atoms with Gasteiger partial charge in [0.2, 0.25) is 11.8 Å². The Labute approximate surface area is 252 Å².